The third-order valence-electron chi connectivity index (χ3n) is 2.45. The van der Waals surface area contributed by atoms with Crippen LogP contribution in [0.5, 0.6) is 0 Å². The van der Waals surface area contributed by atoms with Crippen molar-refractivity contribution < 1.29 is 4.79 Å². The Morgan fingerprint density at radius 2 is 2.00 bits per heavy atom. The molecule has 2 aromatic rings. The second-order valence-corrected chi connectivity index (χ2v) is 3.50. The summed E-state index contributed by atoms with van der Waals surface area (Å²) in [6, 6.07) is 0. The molecule has 2 aromatic heterocycles. The first kappa shape index (κ1) is 9.64. The fourth-order valence-electron chi connectivity index (χ4n) is 1.42. The molecule has 2 heterocycles. The number of aromatic nitrogens is 4. The van der Waals surface area contributed by atoms with Gasteiger partial charge in [0.1, 0.15) is 0 Å². The van der Waals surface area contributed by atoms with Crippen LogP contribution >= 0.6 is 0 Å². The molecule has 0 aliphatic heterocycles. The average Bonchev–Trinajstić information content (AvgIpc) is 2.75. The van der Waals surface area contributed by atoms with Crippen LogP contribution in [0.3, 0.4) is 0 Å². The van der Waals surface area contributed by atoms with E-state index in [0.717, 1.165) is 5.69 Å². The van der Waals surface area contributed by atoms with E-state index in [1.54, 1.807) is 35.0 Å². The highest BCUT2D eigenvalue weighted by atomic mass is 16.1. The lowest BCUT2D eigenvalue weighted by Crippen LogP contribution is -2.02. The predicted octanol–water partition coefficient (Wildman–Crippen LogP) is 0.693. The molecule has 78 valence electrons. The number of hydrogen-bond acceptors (Lipinski definition) is 3. The summed E-state index contributed by atoms with van der Waals surface area (Å²) in [5.41, 5.74) is 2.09. The number of carbonyl (C=O) groups excluding carboxylic acids is 1. The van der Waals surface area contributed by atoms with Crippen LogP contribution in [-0.4, -0.2) is 25.3 Å². The Labute approximate surface area is 87.3 Å². The van der Waals surface area contributed by atoms with Crippen molar-refractivity contribution in [3.05, 3.63) is 35.4 Å². The molecule has 0 radical (unpaired) electrons. The predicted molar refractivity (Wildman–Crippen MR) is 54.6 cm³/mol. The van der Waals surface area contributed by atoms with Gasteiger partial charge in [-0.15, -0.1) is 0 Å². The van der Waals surface area contributed by atoms with E-state index in [-0.39, 0.29) is 5.78 Å². The van der Waals surface area contributed by atoms with Gasteiger partial charge in [-0.25, -0.2) is 0 Å². The van der Waals surface area contributed by atoms with Gasteiger partial charge < -0.3 is 0 Å². The molecule has 0 atom stereocenters. The zero-order chi connectivity index (χ0) is 11.0. The summed E-state index contributed by atoms with van der Waals surface area (Å²) in [5, 5.41) is 8.01. The van der Waals surface area contributed by atoms with E-state index in [9.17, 15) is 4.79 Å². The summed E-state index contributed by atoms with van der Waals surface area (Å²) < 4.78 is 3.29. The summed E-state index contributed by atoms with van der Waals surface area (Å²) in [4.78, 5) is 12.0. The lowest BCUT2D eigenvalue weighted by atomic mass is 10.1. The zero-order valence-electron chi connectivity index (χ0n) is 8.93. The fraction of sp³-hybridized carbons (Fsp3) is 0.300. The Balaban J connectivity index is 2.41. The molecule has 0 saturated carbocycles. The Kier molecular flexibility index (Phi) is 2.15. The Morgan fingerprint density at radius 1 is 1.27 bits per heavy atom. The van der Waals surface area contributed by atoms with Crippen molar-refractivity contribution in [1.29, 1.82) is 0 Å². The van der Waals surface area contributed by atoms with Crippen LogP contribution in [0.15, 0.2) is 18.6 Å². The molecule has 5 heteroatoms. The van der Waals surface area contributed by atoms with Crippen LogP contribution in [0.2, 0.25) is 0 Å². The van der Waals surface area contributed by atoms with Crippen LogP contribution in [0, 0.1) is 6.92 Å². The van der Waals surface area contributed by atoms with Crippen LogP contribution in [0.25, 0.3) is 0 Å². The summed E-state index contributed by atoms with van der Waals surface area (Å²) in [7, 11) is 3.60. The molecule has 0 fully saturated rings. The maximum absolute atomic E-state index is 12.0. The highest BCUT2D eigenvalue weighted by molar-refractivity contribution is 6.09. The summed E-state index contributed by atoms with van der Waals surface area (Å²) in [5.74, 6) is -0.0336. The van der Waals surface area contributed by atoms with E-state index >= 15 is 0 Å². The van der Waals surface area contributed by atoms with Crippen LogP contribution < -0.4 is 0 Å². The first-order valence-electron chi connectivity index (χ1n) is 4.61. The van der Waals surface area contributed by atoms with E-state index in [4.69, 9.17) is 0 Å². The van der Waals surface area contributed by atoms with Crippen LogP contribution in [0.4, 0.5) is 0 Å². The van der Waals surface area contributed by atoms with Crippen molar-refractivity contribution in [2.75, 3.05) is 0 Å². The van der Waals surface area contributed by atoms with Crippen molar-refractivity contribution >= 4 is 5.78 Å². The lowest BCUT2D eigenvalue weighted by Gasteiger charge is -1.96. The van der Waals surface area contributed by atoms with E-state index in [1.807, 2.05) is 14.0 Å². The first-order valence-corrected chi connectivity index (χ1v) is 4.61. The molecule has 15 heavy (non-hydrogen) atoms. The normalized spacial score (nSPS) is 10.6. The maximum Gasteiger partial charge on any atom is 0.199 e. The average molecular weight is 204 g/mol. The van der Waals surface area contributed by atoms with Gasteiger partial charge >= 0.3 is 0 Å². The van der Waals surface area contributed by atoms with Gasteiger partial charge in [0.05, 0.1) is 23.5 Å². The number of rotatable bonds is 2. The second-order valence-electron chi connectivity index (χ2n) is 3.50. The third-order valence-corrected chi connectivity index (χ3v) is 2.45. The number of ketones is 1. The largest absolute Gasteiger partial charge is 0.288 e. The molecule has 0 aliphatic rings. The van der Waals surface area contributed by atoms with Gasteiger partial charge in [-0.2, -0.15) is 10.2 Å². The minimum atomic E-state index is -0.0336. The fourth-order valence-corrected chi connectivity index (χ4v) is 1.42. The minimum Gasteiger partial charge on any atom is -0.288 e. The van der Waals surface area contributed by atoms with E-state index in [1.165, 1.54) is 0 Å². The maximum atomic E-state index is 12.0. The second kappa shape index (κ2) is 3.34. The molecule has 2 rings (SSSR count). The van der Waals surface area contributed by atoms with Gasteiger partial charge in [0.25, 0.3) is 0 Å². The SMILES string of the molecule is Cc1c(C(=O)c2cnn(C)c2)cnn1C. The monoisotopic (exact) mass is 204 g/mol. The Bertz CT molecular complexity index is 509. The quantitative estimate of drug-likeness (QED) is 0.676. The van der Waals surface area contributed by atoms with Crippen molar-refractivity contribution in [2.24, 2.45) is 14.1 Å². The minimum absolute atomic E-state index is 0.0336. The molecule has 0 aromatic carbocycles. The van der Waals surface area contributed by atoms with Gasteiger partial charge in [-0.05, 0) is 6.92 Å². The van der Waals surface area contributed by atoms with Crippen LogP contribution in [-0.2, 0) is 14.1 Å². The molecule has 5 nitrogen and oxygen atoms in total. The van der Waals surface area contributed by atoms with Crippen LogP contribution in [0.1, 0.15) is 21.6 Å². The molecular formula is C10H12N4O. The molecule has 0 bridgehead atoms. The zero-order valence-corrected chi connectivity index (χ0v) is 8.93. The molecular weight excluding hydrogens is 192 g/mol. The number of aryl methyl sites for hydroxylation is 2. The number of hydrogen-bond donors (Lipinski definition) is 0. The summed E-state index contributed by atoms with van der Waals surface area (Å²) in [6.07, 6.45) is 4.86. The van der Waals surface area contributed by atoms with Gasteiger partial charge in [0, 0.05) is 26.0 Å². The Hall–Kier alpha value is -1.91. The third kappa shape index (κ3) is 1.56. The van der Waals surface area contributed by atoms with Gasteiger partial charge in [0.2, 0.25) is 0 Å². The topological polar surface area (TPSA) is 52.7 Å². The molecule has 0 spiro atoms. The van der Waals surface area contributed by atoms with E-state index in [2.05, 4.69) is 10.2 Å². The molecule has 0 amide bonds. The number of nitrogens with zero attached hydrogens (tertiary/aromatic N) is 4. The van der Waals surface area contributed by atoms with Gasteiger partial charge in [0.15, 0.2) is 5.78 Å². The van der Waals surface area contributed by atoms with Crippen molar-refractivity contribution in [3.63, 3.8) is 0 Å². The highest BCUT2D eigenvalue weighted by Crippen LogP contribution is 2.12. The molecule has 0 saturated heterocycles. The smallest absolute Gasteiger partial charge is 0.199 e. The summed E-state index contributed by atoms with van der Waals surface area (Å²) >= 11 is 0. The lowest BCUT2D eigenvalue weighted by molar-refractivity contribution is 0.103. The van der Waals surface area contributed by atoms with Crippen molar-refractivity contribution in [2.45, 2.75) is 6.92 Å². The number of carbonyl (C=O) groups is 1. The van der Waals surface area contributed by atoms with E-state index in [0.29, 0.717) is 11.1 Å². The van der Waals surface area contributed by atoms with Crippen molar-refractivity contribution in [1.82, 2.24) is 19.6 Å². The Morgan fingerprint density at radius 3 is 2.47 bits per heavy atom. The highest BCUT2D eigenvalue weighted by Gasteiger charge is 2.15. The van der Waals surface area contributed by atoms with Gasteiger partial charge in [-0.3, -0.25) is 14.2 Å². The van der Waals surface area contributed by atoms with Gasteiger partial charge in [-0.1, -0.05) is 0 Å². The molecule has 0 N–H and O–H groups in total. The van der Waals surface area contributed by atoms with Crippen molar-refractivity contribution in [3.8, 4) is 0 Å². The molecule has 0 unspecified atom stereocenters. The van der Waals surface area contributed by atoms with E-state index < -0.39 is 0 Å². The molecule has 0 aliphatic carbocycles. The standard InChI is InChI=1S/C10H12N4O/c1-7-9(5-12-14(7)3)10(15)8-4-11-13(2)6-8/h4-6H,1-3H3. The first-order chi connectivity index (χ1) is 7.09. The summed E-state index contributed by atoms with van der Waals surface area (Å²) in [6.45, 7) is 1.87.